The van der Waals surface area contributed by atoms with E-state index in [0.717, 1.165) is 17.7 Å². The quantitative estimate of drug-likeness (QED) is 0.806. The van der Waals surface area contributed by atoms with Gasteiger partial charge in [0.15, 0.2) is 0 Å². The summed E-state index contributed by atoms with van der Waals surface area (Å²) in [5.41, 5.74) is 0. The summed E-state index contributed by atoms with van der Waals surface area (Å²) >= 11 is 3.18. The lowest BCUT2D eigenvalue weighted by molar-refractivity contribution is 0.0956. The van der Waals surface area contributed by atoms with Crippen LogP contribution in [0.2, 0.25) is 0 Å². The number of amides is 1. The molecule has 2 aromatic rings. The number of nitrogens with one attached hydrogen (secondary N) is 1. The van der Waals surface area contributed by atoms with E-state index in [2.05, 4.69) is 5.32 Å². The van der Waals surface area contributed by atoms with Crippen LogP contribution in [0.5, 0.6) is 0 Å². The highest BCUT2D eigenvalue weighted by molar-refractivity contribution is 7.27. The van der Waals surface area contributed by atoms with Gasteiger partial charge in [-0.2, -0.15) is 0 Å². The lowest BCUT2D eigenvalue weighted by Crippen LogP contribution is -2.23. The lowest BCUT2D eigenvalue weighted by atomic mass is 10.3. The van der Waals surface area contributed by atoms with Gasteiger partial charge in [0.1, 0.15) is 0 Å². The van der Waals surface area contributed by atoms with Gasteiger partial charge in [-0.15, -0.1) is 22.7 Å². The molecular weight excluding hydrogens is 242 g/mol. The first-order valence-electron chi connectivity index (χ1n) is 5.17. The molecule has 0 atom stereocenters. The molecule has 0 saturated heterocycles. The van der Waals surface area contributed by atoms with E-state index in [1.54, 1.807) is 11.3 Å². The van der Waals surface area contributed by atoms with Crippen LogP contribution in [0.3, 0.4) is 0 Å². The Bertz CT molecular complexity index is 446. The zero-order valence-electron chi connectivity index (χ0n) is 8.73. The number of carbonyl (C=O) groups is 1. The molecule has 0 aromatic carbocycles. The van der Waals surface area contributed by atoms with Crippen LogP contribution in [-0.4, -0.2) is 24.2 Å². The number of rotatable bonds is 5. The van der Waals surface area contributed by atoms with E-state index in [1.165, 1.54) is 20.7 Å². The fourth-order valence-corrected chi connectivity index (χ4v) is 3.43. The van der Waals surface area contributed by atoms with E-state index in [-0.39, 0.29) is 12.5 Å². The standard InChI is InChI=1S/C11H13NO2S2/c13-5-2-1-4-12-11(14)10-7-9-8(16-10)3-6-15-9/h3,6-7,13H,1-2,4-5H2,(H,12,14). The Labute approximate surface area is 102 Å². The van der Waals surface area contributed by atoms with Gasteiger partial charge in [0.2, 0.25) is 0 Å². The highest BCUT2D eigenvalue weighted by Crippen LogP contribution is 2.29. The number of hydrogen-bond acceptors (Lipinski definition) is 4. The monoisotopic (exact) mass is 255 g/mol. The first-order valence-corrected chi connectivity index (χ1v) is 6.87. The van der Waals surface area contributed by atoms with Gasteiger partial charge in [-0.1, -0.05) is 0 Å². The van der Waals surface area contributed by atoms with Crippen molar-refractivity contribution in [3.63, 3.8) is 0 Å². The largest absolute Gasteiger partial charge is 0.396 e. The van der Waals surface area contributed by atoms with Gasteiger partial charge < -0.3 is 10.4 Å². The Morgan fingerprint density at radius 2 is 2.25 bits per heavy atom. The van der Waals surface area contributed by atoms with Crippen LogP contribution in [0.4, 0.5) is 0 Å². The minimum absolute atomic E-state index is 0.00802. The van der Waals surface area contributed by atoms with E-state index < -0.39 is 0 Å². The summed E-state index contributed by atoms with van der Waals surface area (Å²) in [6.07, 6.45) is 1.56. The molecular formula is C11H13NO2S2. The molecule has 2 heterocycles. The molecule has 0 bridgehead atoms. The summed E-state index contributed by atoms with van der Waals surface area (Å²) in [5, 5.41) is 13.5. The maximum absolute atomic E-state index is 11.7. The fraction of sp³-hybridized carbons (Fsp3) is 0.364. The van der Waals surface area contributed by atoms with Crippen LogP contribution >= 0.6 is 22.7 Å². The molecule has 0 aliphatic rings. The van der Waals surface area contributed by atoms with E-state index >= 15 is 0 Å². The zero-order valence-corrected chi connectivity index (χ0v) is 10.4. The van der Waals surface area contributed by atoms with Crippen molar-refractivity contribution in [2.24, 2.45) is 0 Å². The second-order valence-electron chi connectivity index (χ2n) is 3.45. The lowest BCUT2D eigenvalue weighted by Gasteiger charge is -2.01. The number of thiophene rings is 2. The van der Waals surface area contributed by atoms with E-state index in [1.807, 2.05) is 17.5 Å². The van der Waals surface area contributed by atoms with Gasteiger partial charge >= 0.3 is 0 Å². The van der Waals surface area contributed by atoms with Crippen molar-refractivity contribution in [2.75, 3.05) is 13.2 Å². The average molecular weight is 255 g/mol. The van der Waals surface area contributed by atoms with Crippen molar-refractivity contribution in [3.05, 3.63) is 22.4 Å². The van der Waals surface area contributed by atoms with Gasteiger partial charge in [0.05, 0.1) is 4.88 Å². The van der Waals surface area contributed by atoms with Crippen molar-refractivity contribution in [2.45, 2.75) is 12.8 Å². The fourth-order valence-electron chi connectivity index (χ4n) is 1.40. The number of fused-ring (bicyclic) bond motifs is 1. The highest BCUT2D eigenvalue weighted by atomic mass is 32.1. The number of unbranched alkanes of at least 4 members (excludes halogenated alkanes) is 1. The summed E-state index contributed by atoms with van der Waals surface area (Å²) in [5.74, 6) is -0.00802. The number of aliphatic hydroxyl groups excluding tert-OH is 1. The number of carbonyl (C=O) groups excluding carboxylic acids is 1. The first-order chi connectivity index (χ1) is 7.81. The molecule has 0 aliphatic heterocycles. The van der Waals surface area contributed by atoms with Crippen LogP contribution in [-0.2, 0) is 0 Å². The predicted octanol–water partition coefficient (Wildman–Crippen LogP) is 2.47. The first kappa shape index (κ1) is 11.6. The van der Waals surface area contributed by atoms with E-state index in [4.69, 9.17) is 5.11 Å². The van der Waals surface area contributed by atoms with Crippen molar-refractivity contribution in [1.29, 1.82) is 0 Å². The highest BCUT2D eigenvalue weighted by Gasteiger charge is 2.09. The maximum atomic E-state index is 11.7. The number of hydrogen-bond donors (Lipinski definition) is 2. The van der Waals surface area contributed by atoms with E-state index in [0.29, 0.717) is 6.54 Å². The summed E-state index contributed by atoms with van der Waals surface area (Å²) in [6.45, 7) is 0.815. The normalized spacial score (nSPS) is 10.8. The smallest absolute Gasteiger partial charge is 0.261 e. The molecule has 0 spiro atoms. The molecule has 0 fully saturated rings. The maximum Gasteiger partial charge on any atom is 0.261 e. The van der Waals surface area contributed by atoms with Crippen molar-refractivity contribution in [3.8, 4) is 0 Å². The minimum atomic E-state index is -0.00802. The predicted molar refractivity (Wildman–Crippen MR) is 68.4 cm³/mol. The van der Waals surface area contributed by atoms with Crippen molar-refractivity contribution in [1.82, 2.24) is 5.32 Å². The Balaban J connectivity index is 1.92. The van der Waals surface area contributed by atoms with Crippen LogP contribution < -0.4 is 5.32 Å². The van der Waals surface area contributed by atoms with Gasteiger partial charge in [-0.05, 0) is 30.4 Å². The van der Waals surface area contributed by atoms with Gasteiger partial charge in [-0.3, -0.25) is 4.79 Å². The molecule has 16 heavy (non-hydrogen) atoms. The van der Waals surface area contributed by atoms with E-state index in [9.17, 15) is 4.79 Å². The number of aliphatic hydroxyl groups is 1. The third-order valence-corrected chi connectivity index (χ3v) is 4.33. The SMILES string of the molecule is O=C(NCCCCO)c1cc2sccc2s1. The third kappa shape index (κ3) is 2.61. The zero-order chi connectivity index (χ0) is 11.4. The third-order valence-electron chi connectivity index (χ3n) is 2.23. The Hall–Kier alpha value is -0.910. The molecule has 0 saturated carbocycles. The molecule has 5 heteroatoms. The Kier molecular flexibility index (Phi) is 3.93. The average Bonchev–Trinajstić information content (AvgIpc) is 2.83. The topological polar surface area (TPSA) is 49.3 Å². The van der Waals surface area contributed by atoms with Crippen molar-refractivity contribution >= 4 is 38.0 Å². The van der Waals surface area contributed by atoms with Crippen LogP contribution in [0.1, 0.15) is 22.5 Å². The van der Waals surface area contributed by atoms with Crippen LogP contribution in [0.15, 0.2) is 17.5 Å². The molecule has 2 rings (SSSR count). The van der Waals surface area contributed by atoms with Crippen LogP contribution in [0, 0.1) is 0 Å². The molecule has 86 valence electrons. The second-order valence-corrected chi connectivity index (χ2v) is 5.48. The van der Waals surface area contributed by atoms with Gasteiger partial charge in [-0.25, -0.2) is 0 Å². The summed E-state index contributed by atoms with van der Waals surface area (Å²) < 4.78 is 2.34. The molecule has 2 N–H and O–H groups in total. The van der Waals surface area contributed by atoms with Crippen molar-refractivity contribution < 1.29 is 9.90 Å². The molecule has 1 amide bonds. The molecule has 0 radical (unpaired) electrons. The molecule has 2 aromatic heterocycles. The Morgan fingerprint density at radius 1 is 1.38 bits per heavy atom. The molecule has 3 nitrogen and oxygen atoms in total. The summed E-state index contributed by atoms with van der Waals surface area (Å²) in [4.78, 5) is 12.5. The Morgan fingerprint density at radius 3 is 3.00 bits per heavy atom. The minimum Gasteiger partial charge on any atom is -0.396 e. The molecule has 0 aliphatic carbocycles. The summed E-state index contributed by atoms with van der Waals surface area (Å²) in [6, 6.07) is 3.97. The second kappa shape index (κ2) is 5.43. The van der Waals surface area contributed by atoms with Gasteiger partial charge in [0, 0.05) is 22.6 Å². The molecule has 0 unspecified atom stereocenters. The van der Waals surface area contributed by atoms with Gasteiger partial charge in [0.25, 0.3) is 5.91 Å². The summed E-state index contributed by atoms with van der Waals surface area (Å²) in [7, 11) is 0. The van der Waals surface area contributed by atoms with Crippen LogP contribution in [0.25, 0.3) is 9.40 Å².